The average molecular weight is 163 g/mol. The van der Waals surface area contributed by atoms with Crippen LogP contribution in [0.4, 0.5) is 0 Å². The summed E-state index contributed by atoms with van der Waals surface area (Å²) in [5, 5.41) is 16.5. The van der Waals surface area contributed by atoms with E-state index in [4.69, 9.17) is 10.0 Å². The fourth-order valence-electron chi connectivity index (χ4n) is 0. The molecular weight excluding hydrogens is 155 g/mol. The topological polar surface area (TPSA) is 76.1 Å². The van der Waals surface area contributed by atoms with Gasteiger partial charge < -0.3 is 15.5 Å². The maximum atomic E-state index is 8.25. The summed E-state index contributed by atoms with van der Waals surface area (Å²) in [4.78, 5) is 0. The van der Waals surface area contributed by atoms with Gasteiger partial charge in [-0.2, -0.15) is 0 Å². The van der Waals surface area contributed by atoms with Crippen molar-refractivity contribution in [2.75, 3.05) is 12.5 Å². The van der Waals surface area contributed by atoms with Crippen LogP contribution in [0.3, 0.4) is 0 Å². The first-order chi connectivity index (χ1) is 2.83. The van der Waals surface area contributed by atoms with E-state index in [9.17, 15) is 0 Å². The summed E-state index contributed by atoms with van der Waals surface area (Å²) >= 11 is 1.42. The Morgan fingerprint density at radius 1 is 1.25 bits per heavy atom. The van der Waals surface area contributed by atoms with E-state index in [1.54, 1.807) is 0 Å². The minimum absolute atomic E-state index is 0. The molecule has 1 N–H and O–H groups in total. The molecule has 0 aromatic rings. The molecule has 0 aromatic carbocycles. The molecule has 8 heavy (non-hydrogen) atoms. The van der Waals surface area contributed by atoms with Crippen molar-refractivity contribution in [3.05, 3.63) is 0 Å². The third-order valence-electron chi connectivity index (χ3n) is 0. The molecule has 1 radical (unpaired) electrons. The molecular formula is C2H8BCaO3S. The summed E-state index contributed by atoms with van der Waals surface area (Å²) in [6.07, 6.45) is 4.19. The van der Waals surface area contributed by atoms with Crippen molar-refractivity contribution < 1.29 is 15.5 Å². The van der Waals surface area contributed by atoms with Crippen molar-refractivity contribution in [3.8, 4) is 0 Å². The van der Waals surface area contributed by atoms with Crippen LogP contribution in [0.15, 0.2) is 0 Å². The van der Waals surface area contributed by atoms with Crippen molar-refractivity contribution >= 4 is 57.2 Å². The predicted octanol–water partition coefficient (Wildman–Crippen LogP) is -3.26. The summed E-state index contributed by atoms with van der Waals surface area (Å²) in [6, 6.07) is 0. The van der Waals surface area contributed by atoms with Crippen LogP contribution >= 0.6 is 0 Å². The van der Waals surface area contributed by atoms with E-state index in [-0.39, 0.29) is 43.2 Å². The normalized spacial score (nSPS) is 4.00. The van der Waals surface area contributed by atoms with Gasteiger partial charge in [0.15, 0.2) is 0 Å². The van der Waals surface area contributed by atoms with E-state index in [1.165, 1.54) is 11.8 Å². The van der Waals surface area contributed by atoms with Crippen LogP contribution in [0.2, 0.25) is 0 Å². The minimum atomic E-state index is -0.500. The predicted molar refractivity (Wildman–Crippen MR) is 34.1 cm³/mol. The molecule has 0 spiro atoms. The standard InChI is InChI=1S/C2H6S.BO2.Ca.H2O/c1-3-2;2-1-3;;/h1-2H3;;;1H2/q;-2;+2;. The first-order valence-corrected chi connectivity index (χ1v) is 3.15. The van der Waals surface area contributed by atoms with Gasteiger partial charge in [0, 0.05) is 0 Å². The number of rotatable bonds is 0. The molecule has 0 rings (SSSR count). The van der Waals surface area contributed by atoms with Crippen molar-refractivity contribution in [3.63, 3.8) is 0 Å². The van der Waals surface area contributed by atoms with Gasteiger partial charge in [-0.3, -0.25) is 0 Å². The Morgan fingerprint density at radius 3 is 1.25 bits per heavy atom. The molecule has 0 heterocycles. The zero-order valence-corrected chi connectivity index (χ0v) is 8.10. The van der Waals surface area contributed by atoms with Gasteiger partial charge in [0.05, 0.1) is 12.5 Å². The van der Waals surface area contributed by atoms with Gasteiger partial charge in [-0.05, 0) is 11.8 Å². The SMILES string of the molecule is C[SH+]C.[Ca+2].[O-][B][O-].[OH-]. The molecule has 3 nitrogen and oxygen atoms in total. The van der Waals surface area contributed by atoms with E-state index in [0.29, 0.717) is 0 Å². The van der Waals surface area contributed by atoms with E-state index >= 15 is 0 Å². The second kappa shape index (κ2) is 38.6. The van der Waals surface area contributed by atoms with Crippen molar-refractivity contribution in [1.29, 1.82) is 0 Å². The van der Waals surface area contributed by atoms with Gasteiger partial charge in [-0.1, -0.05) is 0 Å². The quantitative estimate of drug-likeness (QED) is 0.214. The molecule has 0 unspecified atom stereocenters. The Hall–Kier alpha value is 1.55. The van der Waals surface area contributed by atoms with Gasteiger partial charge in [-0.25, -0.2) is 7.69 Å². The molecule has 45 valence electrons. The fourth-order valence-corrected chi connectivity index (χ4v) is 0. The summed E-state index contributed by atoms with van der Waals surface area (Å²) in [6.45, 7) is 0. The maximum Gasteiger partial charge on any atom is 2.00 e. The van der Waals surface area contributed by atoms with Crippen LogP contribution in [0.1, 0.15) is 0 Å². The first kappa shape index (κ1) is 22.7. The van der Waals surface area contributed by atoms with Crippen LogP contribution in [0.5, 0.6) is 0 Å². The Kier molecular flexibility index (Phi) is 109. The van der Waals surface area contributed by atoms with E-state index in [0.717, 1.165) is 0 Å². The van der Waals surface area contributed by atoms with Gasteiger partial charge in [0.2, 0.25) is 0 Å². The molecule has 0 aliphatic rings. The van der Waals surface area contributed by atoms with Crippen molar-refractivity contribution in [2.24, 2.45) is 0 Å². The monoisotopic (exact) mass is 163 g/mol. The summed E-state index contributed by atoms with van der Waals surface area (Å²) in [5.74, 6) is 0. The summed E-state index contributed by atoms with van der Waals surface area (Å²) in [7, 11) is -0.500. The molecule has 0 fully saturated rings. The zero-order chi connectivity index (χ0) is 5.41. The summed E-state index contributed by atoms with van der Waals surface area (Å²) < 4.78 is 0. The first-order valence-electron chi connectivity index (χ1n) is 1.37. The van der Waals surface area contributed by atoms with Crippen LogP contribution in [0.25, 0.3) is 0 Å². The third-order valence-corrected chi connectivity index (χ3v) is 0. The Balaban J connectivity index is -0.0000000160. The average Bonchev–Trinajstić information content (AvgIpc) is 1.39. The number of hydrogen-bond acceptors (Lipinski definition) is 3. The molecule has 0 aliphatic carbocycles. The second-order valence-corrected chi connectivity index (χ2v) is 1.44. The van der Waals surface area contributed by atoms with E-state index in [2.05, 4.69) is 12.5 Å². The summed E-state index contributed by atoms with van der Waals surface area (Å²) in [5.41, 5.74) is 0. The second-order valence-electron chi connectivity index (χ2n) is 0.543. The van der Waals surface area contributed by atoms with Crippen LogP contribution in [-0.2, 0) is 11.8 Å². The Labute approximate surface area is 84.5 Å². The van der Waals surface area contributed by atoms with Crippen LogP contribution < -0.4 is 10.0 Å². The van der Waals surface area contributed by atoms with E-state index in [1.807, 2.05) is 0 Å². The van der Waals surface area contributed by atoms with Gasteiger partial charge in [-0.15, -0.1) is 0 Å². The van der Waals surface area contributed by atoms with Crippen LogP contribution in [0, 0.1) is 0 Å². The Morgan fingerprint density at radius 2 is 1.25 bits per heavy atom. The van der Waals surface area contributed by atoms with Gasteiger partial charge >= 0.3 is 37.7 Å². The zero-order valence-electron chi connectivity index (χ0n) is 5.00. The largest absolute Gasteiger partial charge is 2.00 e. The van der Waals surface area contributed by atoms with Gasteiger partial charge in [0.25, 0.3) is 0 Å². The third kappa shape index (κ3) is 134. The molecule has 0 saturated heterocycles. The molecule has 0 saturated carbocycles. The molecule has 0 atom stereocenters. The van der Waals surface area contributed by atoms with Gasteiger partial charge in [0.1, 0.15) is 0 Å². The molecule has 0 aliphatic heterocycles. The van der Waals surface area contributed by atoms with Crippen LogP contribution in [-0.4, -0.2) is 63.4 Å². The molecule has 6 heteroatoms. The molecule has 0 aromatic heterocycles. The maximum absolute atomic E-state index is 8.25. The molecule has 0 bridgehead atoms. The van der Waals surface area contributed by atoms with Crippen molar-refractivity contribution in [1.82, 2.24) is 0 Å². The number of hydrogen-bond donors (Lipinski definition) is 0. The van der Waals surface area contributed by atoms with E-state index < -0.39 is 7.69 Å². The number of thiol groups is 1. The smallest absolute Gasteiger partial charge is 0.900 e. The molecule has 0 amide bonds. The minimum Gasteiger partial charge on any atom is -0.900 e. The van der Waals surface area contributed by atoms with Crippen molar-refractivity contribution in [2.45, 2.75) is 0 Å². The Bertz CT molecular complexity index is 19.2. The fraction of sp³-hybridized carbons (Fsp3) is 1.00.